The SMILES string of the molecule is CCC1CCCN1c1cc(CCl)nc2ccccc12. The summed E-state index contributed by atoms with van der Waals surface area (Å²) in [6, 6.07) is 11.2. The maximum Gasteiger partial charge on any atom is 0.0726 e. The number of benzene rings is 1. The zero-order valence-electron chi connectivity index (χ0n) is 11.3. The van der Waals surface area contributed by atoms with Crippen LogP contribution in [0.3, 0.4) is 0 Å². The summed E-state index contributed by atoms with van der Waals surface area (Å²) in [4.78, 5) is 7.16. The van der Waals surface area contributed by atoms with Crippen molar-refractivity contribution in [2.24, 2.45) is 0 Å². The average molecular weight is 275 g/mol. The molecule has 2 aromatic rings. The van der Waals surface area contributed by atoms with Gasteiger partial charge in [0, 0.05) is 23.7 Å². The highest BCUT2D eigenvalue weighted by atomic mass is 35.5. The topological polar surface area (TPSA) is 16.1 Å². The van der Waals surface area contributed by atoms with Crippen LogP contribution in [0.4, 0.5) is 5.69 Å². The first-order chi connectivity index (χ1) is 9.33. The van der Waals surface area contributed by atoms with Gasteiger partial charge in [0.05, 0.1) is 17.1 Å². The van der Waals surface area contributed by atoms with Crippen molar-refractivity contribution in [3.8, 4) is 0 Å². The van der Waals surface area contributed by atoms with Crippen molar-refractivity contribution < 1.29 is 0 Å². The second-order valence-corrected chi connectivity index (χ2v) is 5.45. The Bertz CT molecular complexity index is 582. The highest BCUT2D eigenvalue weighted by Gasteiger charge is 2.24. The molecule has 0 amide bonds. The van der Waals surface area contributed by atoms with E-state index in [2.05, 4.69) is 41.1 Å². The highest BCUT2D eigenvalue weighted by Crippen LogP contribution is 2.33. The Balaban J connectivity index is 2.15. The maximum atomic E-state index is 6.00. The third kappa shape index (κ3) is 2.30. The van der Waals surface area contributed by atoms with Gasteiger partial charge in [0.2, 0.25) is 0 Å². The number of halogens is 1. The van der Waals surface area contributed by atoms with E-state index in [0.29, 0.717) is 11.9 Å². The Labute approximate surface area is 119 Å². The molecule has 19 heavy (non-hydrogen) atoms. The lowest BCUT2D eigenvalue weighted by atomic mass is 10.1. The molecule has 2 heterocycles. The standard InChI is InChI=1S/C16H19ClN2/c1-2-13-6-5-9-19(13)16-10-12(11-17)18-15-8-4-3-7-14(15)16/h3-4,7-8,10,13H,2,5-6,9,11H2,1H3. The largest absolute Gasteiger partial charge is 0.368 e. The van der Waals surface area contributed by atoms with Crippen LogP contribution in [0.1, 0.15) is 31.9 Å². The third-order valence-electron chi connectivity index (χ3n) is 4.04. The smallest absolute Gasteiger partial charge is 0.0726 e. The summed E-state index contributed by atoms with van der Waals surface area (Å²) < 4.78 is 0. The molecule has 1 unspecified atom stereocenters. The molecule has 0 N–H and O–H groups in total. The molecule has 3 heteroatoms. The number of hydrogen-bond donors (Lipinski definition) is 0. The molecule has 1 aromatic carbocycles. The van der Waals surface area contributed by atoms with Gasteiger partial charge < -0.3 is 4.90 Å². The van der Waals surface area contributed by atoms with E-state index in [0.717, 1.165) is 17.8 Å². The lowest BCUT2D eigenvalue weighted by molar-refractivity contribution is 0.646. The number of alkyl halides is 1. The second-order valence-electron chi connectivity index (χ2n) is 5.18. The number of aromatic nitrogens is 1. The number of para-hydroxylation sites is 1. The molecule has 3 rings (SSSR count). The predicted octanol–water partition coefficient (Wildman–Crippen LogP) is 4.35. The molecule has 1 fully saturated rings. The Morgan fingerprint density at radius 3 is 3.00 bits per heavy atom. The van der Waals surface area contributed by atoms with Gasteiger partial charge in [-0.3, -0.25) is 4.98 Å². The predicted molar refractivity (Wildman–Crippen MR) is 82.0 cm³/mol. The number of nitrogens with zero attached hydrogens (tertiary/aromatic N) is 2. The minimum absolute atomic E-state index is 0.475. The van der Waals surface area contributed by atoms with Crippen LogP contribution in [0.25, 0.3) is 10.9 Å². The lowest BCUT2D eigenvalue weighted by Gasteiger charge is -2.27. The lowest BCUT2D eigenvalue weighted by Crippen LogP contribution is -2.28. The van der Waals surface area contributed by atoms with E-state index in [9.17, 15) is 0 Å². The molecule has 1 atom stereocenters. The molecule has 0 bridgehead atoms. The van der Waals surface area contributed by atoms with Crippen LogP contribution < -0.4 is 4.90 Å². The fourth-order valence-corrected chi connectivity index (χ4v) is 3.23. The van der Waals surface area contributed by atoms with E-state index < -0.39 is 0 Å². The first-order valence-electron chi connectivity index (χ1n) is 7.04. The minimum Gasteiger partial charge on any atom is -0.368 e. The summed E-state index contributed by atoms with van der Waals surface area (Å²) >= 11 is 6.00. The fourth-order valence-electron chi connectivity index (χ4n) is 3.09. The summed E-state index contributed by atoms with van der Waals surface area (Å²) in [6.07, 6.45) is 3.78. The van der Waals surface area contributed by atoms with Crippen LogP contribution >= 0.6 is 11.6 Å². The molecular weight excluding hydrogens is 256 g/mol. The molecule has 0 aliphatic carbocycles. The summed E-state index contributed by atoms with van der Waals surface area (Å²) in [5.74, 6) is 0.475. The van der Waals surface area contributed by atoms with Crippen LogP contribution in [-0.2, 0) is 5.88 Å². The molecule has 1 aliphatic heterocycles. The van der Waals surface area contributed by atoms with Crippen molar-refractivity contribution in [1.29, 1.82) is 0 Å². The van der Waals surface area contributed by atoms with Crippen molar-refractivity contribution in [3.05, 3.63) is 36.0 Å². The molecular formula is C16H19ClN2. The average Bonchev–Trinajstić information content (AvgIpc) is 2.94. The van der Waals surface area contributed by atoms with Gasteiger partial charge in [-0.2, -0.15) is 0 Å². The maximum absolute atomic E-state index is 6.00. The third-order valence-corrected chi connectivity index (χ3v) is 4.32. The van der Waals surface area contributed by atoms with E-state index in [1.54, 1.807) is 0 Å². The number of anilines is 1. The molecule has 1 saturated heterocycles. The van der Waals surface area contributed by atoms with Crippen LogP contribution in [0.5, 0.6) is 0 Å². The van der Waals surface area contributed by atoms with Crippen molar-refractivity contribution >= 4 is 28.2 Å². The van der Waals surface area contributed by atoms with E-state index in [-0.39, 0.29) is 0 Å². The molecule has 100 valence electrons. The van der Waals surface area contributed by atoms with E-state index in [1.807, 2.05) is 6.07 Å². The molecule has 2 nitrogen and oxygen atoms in total. The molecule has 0 radical (unpaired) electrons. The monoisotopic (exact) mass is 274 g/mol. The van der Waals surface area contributed by atoms with Gasteiger partial charge in [-0.1, -0.05) is 25.1 Å². The van der Waals surface area contributed by atoms with Gasteiger partial charge in [0.15, 0.2) is 0 Å². The van der Waals surface area contributed by atoms with Crippen molar-refractivity contribution in [3.63, 3.8) is 0 Å². The highest BCUT2D eigenvalue weighted by molar-refractivity contribution is 6.17. The second kappa shape index (κ2) is 5.38. The quantitative estimate of drug-likeness (QED) is 0.774. The molecule has 0 saturated carbocycles. The summed E-state index contributed by atoms with van der Waals surface area (Å²) in [5, 5.41) is 1.25. The molecule has 1 aliphatic rings. The van der Waals surface area contributed by atoms with Gasteiger partial charge in [0.25, 0.3) is 0 Å². The number of rotatable bonds is 3. The number of fused-ring (bicyclic) bond motifs is 1. The Kier molecular flexibility index (Phi) is 3.61. The van der Waals surface area contributed by atoms with E-state index in [1.165, 1.54) is 30.3 Å². The Morgan fingerprint density at radius 1 is 1.37 bits per heavy atom. The van der Waals surface area contributed by atoms with Crippen molar-refractivity contribution in [1.82, 2.24) is 4.98 Å². The van der Waals surface area contributed by atoms with Gasteiger partial charge in [0.1, 0.15) is 0 Å². The van der Waals surface area contributed by atoms with Crippen LogP contribution in [0.15, 0.2) is 30.3 Å². The summed E-state index contributed by atoms with van der Waals surface area (Å²) in [5.41, 5.74) is 3.33. The van der Waals surface area contributed by atoms with Gasteiger partial charge in [-0.25, -0.2) is 0 Å². The van der Waals surface area contributed by atoms with Crippen LogP contribution in [0.2, 0.25) is 0 Å². The molecule has 1 aromatic heterocycles. The van der Waals surface area contributed by atoms with Crippen LogP contribution in [-0.4, -0.2) is 17.6 Å². The van der Waals surface area contributed by atoms with E-state index in [4.69, 9.17) is 11.6 Å². The zero-order chi connectivity index (χ0) is 13.2. The minimum atomic E-state index is 0.475. The first-order valence-corrected chi connectivity index (χ1v) is 7.58. The Morgan fingerprint density at radius 2 is 2.21 bits per heavy atom. The van der Waals surface area contributed by atoms with Gasteiger partial charge in [-0.05, 0) is 31.4 Å². The number of pyridine rings is 1. The number of hydrogen-bond acceptors (Lipinski definition) is 2. The first kappa shape index (κ1) is 12.7. The van der Waals surface area contributed by atoms with E-state index >= 15 is 0 Å². The zero-order valence-corrected chi connectivity index (χ0v) is 12.0. The van der Waals surface area contributed by atoms with Crippen molar-refractivity contribution in [2.45, 2.75) is 38.1 Å². The summed E-state index contributed by atoms with van der Waals surface area (Å²) in [6.45, 7) is 3.42. The molecule has 0 spiro atoms. The normalized spacial score (nSPS) is 19.3. The Hall–Kier alpha value is -1.28. The fraction of sp³-hybridized carbons (Fsp3) is 0.438. The van der Waals surface area contributed by atoms with Crippen LogP contribution in [0, 0.1) is 0 Å². The van der Waals surface area contributed by atoms with Gasteiger partial charge >= 0.3 is 0 Å². The summed E-state index contributed by atoms with van der Waals surface area (Å²) in [7, 11) is 0. The van der Waals surface area contributed by atoms with Gasteiger partial charge in [-0.15, -0.1) is 11.6 Å². The van der Waals surface area contributed by atoms with Crippen molar-refractivity contribution in [2.75, 3.05) is 11.4 Å².